The second-order valence-corrected chi connectivity index (χ2v) is 5.59. The summed E-state index contributed by atoms with van der Waals surface area (Å²) >= 11 is 0. The maximum absolute atomic E-state index is 12.3. The number of carbonyl (C=O) groups excluding carboxylic acids is 1. The van der Waals surface area contributed by atoms with Crippen LogP contribution in [0.3, 0.4) is 0 Å². The van der Waals surface area contributed by atoms with Gasteiger partial charge in [-0.15, -0.1) is 0 Å². The van der Waals surface area contributed by atoms with Gasteiger partial charge in [-0.2, -0.15) is 5.26 Å². The van der Waals surface area contributed by atoms with Crippen LogP contribution in [-0.4, -0.2) is 29.9 Å². The van der Waals surface area contributed by atoms with Crippen LogP contribution < -0.4 is 5.32 Å². The van der Waals surface area contributed by atoms with Gasteiger partial charge in [0.1, 0.15) is 6.07 Å². The highest BCUT2D eigenvalue weighted by Gasteiger charge is 2.21. The lowest BCUT2D eigenvalue weighted by Crippen LogP contribution is -2.40. The molecule has 1 aliphatic heterocycles. The highest BCUT2D eigenvalue weighted by Crippen LogP contribution is 2.19. The van der Waals surface area contributed by atoms with Crippen molar-refractivity contribution in [1.29, 1.82) is 5.26 Å². The van der Waals surface area contributed by atoms with E-state index in [0.29, 0.717) is 23.8 Å². The maximum atomic E-state index is 12.3. The molecule has 0 aromatic heterocycles. The van der Waals surface area contributed by atoms with E-state index < -0.39 is 0 Å². The fraction of sp³-hybridized carbons (Fsp3) is 0.529. The molecule has 21 heavy (non-hydrogen) atoms. The average molecular weight is 285 g/mol. The molecule has 1 heterocycles. The van der Waals surface area contributed by atoms with Gasteiger partial charge in [-0.3, -0.25) is 9.69 Å². The Morgan fingerprint density at radius 1 is 1.38 bits per heavy atom. The summed E-state index contributed by atoms with van der Waals surface area (Å²) in [5.41, 5.74) is 1.11. The summed E-state index contributed by atoms with van der Waals surface area (Å²) in [5.74, 6) is -0.0296. The first-order valence-electron chi connectivity index (χ1n) is 7.77. The highest BCUT2D eigenvalue weighted by molar-refractivity contribution is 5.93. The molecule has 1 saturated heterocycles. The largest absolute Gasteiger partial charge is 0.324 e. The van der Waals surface area contributed by atoms with Crippen LogP contribution in [0.2, 0.25) is 0 Å². The molecule has 2 rings (SSSR count). The number of amides is 1. The van der Waals surface area contributed by atoms with Crippen LogP contribution in [0.5, 0.6) is 0 Å². The second-order valence-electron chi connectivity index (χ2n) is 5.59. The number of carbonyl (C=O) groups is 1. The van der Waals surface area contributed by atoms with Crippen molar-refractivity contribution in [3.63, 3.8) is 0 Å². The van der Waals surface area contributed by atoms with Crippen molar-refractivity contribution in [2.24, 2.45) is 0 Å². The van der Waals surface area contributed by atoms with Crippen LogP contribution in [0, 0.1) is 11.3 Å². The van der Waals surface area contributed by atoms with Gasteiger partial charge in [0, 0.05) is 6.04 Å². The van der Waals surface area contributed by atoms with Crippen molar-refractivity contribution in [2.75, 3.05) is 18.4 Å². The van der Waals surface area contributed by atoms with Gasteiger partial charge in [-0.05, 0) is 37.9 Å². The van der Waals surface area contributed by atoms with E-state index in [1.807, 2.05) is 6.07 Å². The summed E-state index contributed by atoms with van der Waals surface area (Å²) in [6.07, 6.45) is 5.94. The molecule has 4 nitrogen and oxygen atoms in total. The topological polar surface area (TPSA) is 56.1 Å². The number of hydrogen-bond acceptors (Lipinski definition) is 3. The Morgan fingerprint density at radius 3 is 2.95 bits per heavy atom. The molecule has 1 aliphatic rings. The lowest BCUT2D eigenvalue weighted by molar-refractivity contribution is -0.117. The van der Waals surface area contributed by atoms with Crippen molar-refractivity contribution in [3.05, 3.63) is 29.8 Å². The molecule has 0 radical (unpaired) electrons. The molecule has 0 aliphatic carbocycles. The molecule has 0 bridgehead atoms. The van der Waals surface area contributed by atoms with E-state index in [2.05, 4.69) is 23.2 Å². The zero-order chi connectivity index (χ0) is 15.1. The summed E-state index contributed by atoms with van der Waals surface area (Å²) in [7, 11) is 0. The van der Waals surface area contributed by atoms with E-state index in [4.69, 9.17) is 5.26 Å². The molecule has 1 N–H and O–H groups in total. The zero-order valence-corrected chi connectivity index (χ0v) is 12.6. The molecule has 1 aromatic rings. The SMILES string of the molecule is CCC1CCCCCN1CC(=O)Nc1ccccc1C#N. The first kappa shape index (κ1) is 15.5. The van der Waals surface area contributed by atoms with Crippen LogP contribution in [0.25, 0.3) is 0 Å². The third kappa shape index (κ3) is 4.30. The van der Waals surface area contributed by atoms with Crippen molar-refractivity contribution < 1.29 is 4.79 Å². The van der Waals surface area contributed by atoms with E-state index in [1.54, 1.807) is 18.2 Å². The predicted molar refractivity (Wildman–Crippen MR) is 83.9 cm³/mol. The number of rotatable bonds is 4. The average Bonchev–Trinajstić information content (AvgIpc) is 2.72. The van der Waals surface area contributed by atoms with E-state index in [9.17, 15) is 4.79 Å². The molecule has 1 fully saturated rings. The normalized spacial score (nSPS) is 19.5. The number of likely N-dealkylation sites (tertiary alicyclic amines) is 1. The summed E-state index contributed by atoms with van der Waals surface area (Å²) < 4.78 is 0. The van der Waals surface area contributed by atoms with Gasteiger partial charge in [-0.1, -0.05) is 31.9 Å². The van der Waals surface area contributed by atoms with Gasteiger partial charge in [0.25, 0.3) is 0 Å². The van der Waals surface area contributed by atoms with Gasteiger partial charge in [-0.25, -0.2) is 0 Å². The summed E-state index contributed by atoms with van der Waals surface area (Å²) in [6.45, 7) is 3.59. The van der Waals surface area contributed by atoms with Gasteiger partial charge < -0.3 is 5.32 Å². The quantitative estimate of drug-likeness (QED) is 0.924. The first-order valence-corrected chi connectivity index (χ1v) is 7.77. The zero-order valence-electron chi connectivity index (χ0n) is 12.6. The smallest absolute Gasteiger partial charge is 0.238 e. The predicted octanol–water partition coefficient (Wildman–Crippen LogP) is 3.15. The van der Waals surface area contributed by atoms with Crippen LogP contribution >= 0.6 is 0 Å². The molecule has 0 spiro atoms. The van der Waals surface area contributed by atoms with Gasteiger partial charge in [0.2, 0.25) is 5.91 Å². The Labute approximate surface area is 126 Å². The van der Waals surface area contributed by atoms with Gasteiger partial charge >= 0.3 is 0 Å². The third-order valence-corrected chi connectivity index (χ3v) is 4.14. The molecule has 4 heteroatoms. The Balaban J connectivity index is 1.98. The monoisotopic (exact) mass is 285 g/mol. The molecule has 1 aromatic carbocycles. The molecule has 1 amide bonds. The van der Waals surface area contributed by atoms with Gasteiger partial charge in [0.05, 0.1) is 17.8 Å². The van der Waals surface area contributed by atoms with Crippen LogP contribution in [-0.2, 0) is 4.79 Å². The summed E-state index contributed by atoms with van der Waals surface area (Å²) in [6, 6.07) is 9.74. The Hall–Kier alpha value is -1.86. The molecule has 1 unspecified atom stereocenters. The Bertz CT molecular complexity index is 521. The van der Waals surface area contributed by atoms with Crippen LogP contribution in [0.1, 0.15) is 44.6 Å². The summed E-state index contributed by atoms with van der Waals surface area (Å²) in [5, 5.41) is 11.9. The minimum Gasteiger partial charge on any atom is -0.324 e. The number of nitrogens with zero attached hydrogens (tertiary/aromatic N) is 2. The molecule has 1 atom stereocenters. The minimum atomic E-state index is -0.0296. The van der Waals surface area contributed by atoms with E-state index in [1.165, 1.54) is 25.7 Å². The maximum Gasteiger partial charge on any atom is 0.238 e. The van der Waals surface area contributed by atoms with Crippen LogP contribution in [0.4, 0.5) is 5.69 Å². The van der Waals surface area contributed by atoms with Crippen molar-refractivity contribution >= 4 is 11.6 Å². The Kier molecular flexibility index (Phi) is 5.77. The first-order chi connectivity index (χ1) is 10.2. The molecule has 112 valence electrons. The minimum absolute atomic E-state index is 0.0296. The van der Waals surface area contributed by atoms with E-state index >= 15 is 0 Å². The fourth-order valence-electron chi connectivity index (χ4n) is 2.97. The van der Waals surface area contributed by atoms with Crippen molar-refractivity contribution in [3.8, 4) is 6.07 Å². The number of nitriles is 1. The number of benzene rings is 1. The van der Waals surface area contributed by atoms with E-state index in [-0.39, 0.29) is 5.91 Å². The fourth-order valence-corrected chi connectivity index (χ4v) is 2.97. The van der Waals surface area contributed by atoms with Crippen molar-refractivity contribution in [1.82, 2.24) is 4.90 Å². The number of anilines is 1. The number of hydrogen-bond donors (Lipinski definition) is 1. The van der Waals surface area contributed by atoms with Crippen molar-refractivity contribution in [2.45, 2.75) is 45.1 Å². The standard InChI is InChI=1S/C17H23N3O/c1-2-15-9-4-3-7-11-20(15)13-17(21)19-16-10-6-5-8-14(16)12-18/h5-6,8,10,15H,2-4,7,9,11,13H2,1H3,(H,19,21). The van der Waals surface area contributed by atoms with Crippen LogP contribution in [0.15, 0.2) is 24.3 Å². The number of nitrogens with one attached hydrogen (secondary N) is 1. The Morgan fingerprint density at radius 2 is 2.19 bits per heavy atom. The summed E-state index contributed by atoms with van der Waals surface area (Å²) in [4.78, 5) is 14.5. The third-order valence-electron chi connectivity index (χ3n) is 4.14. The highest BCUT2D eigenvalue weighted by atomic mass is 16.2. The lowest BCUT2D eigenvalue weighted by atomic mass is 10.1. The van der Waals surface area contributed by atoms with Gasteiger partial charge in [0.15, 0.2) is 0 Å². The second kappa shape index (κ2) is 7.80. The molecule has 0 saturated carbocycles. The lowest BCUT2D eigenvalue weighted by Gasteiger charge is -2.28. The number of para-hydroxylation sites is 1. The van der Waals surface area contributed by atoms with E-state index in [0.717, 1.165) is 13.0 Å². The molecular weight excluding hydrogens is 262 g/mol. The molecular formula is C17H23N3O.